The molecule has 7 nitrogen and oxygen atoms in total. The summed E-state index contributed by atoms with van der Waals surface area (Å²) in [6.07, 6.45) is 7.29. The summed E-state index contributed by atoms with van der Waals surface area (Å²) in [5.41, 5.74) is 5.21. The number of fused-ring (bicyclic) bond motifs is 1. The van der Waals surface area contributed by atoms with Crippen molar-refractivity contribution in [2.75, 3.05) is 31.1 Å². The normalized spacial score (nSPS) is 16.5. The molecule has 1 aromatic carbocycles. The summed E-state index contributed by atoms with van der Waals surface area (Å²) in [4.78, 5) is 18.3. The second-order valence-electron chi connectivity index (χ2n) is 6.97. The van der Waals surface area contributed by atoms with Crippen LogP contribution in [0.25, 0.3) is 15.9 Å². The van der Waals surface area contributed by atoms with Gasteiger partial charge in [-0.25, -0.2) is 19.6 Å². The average Bonchev–Trinajstić information content (AvgIpc) is 3.45. The van der Waals surface area contributed by atoms with E-state index in [2.05, 4.69) is 55.0 Å². The van der Waals surface area contributed by atoms with Crippen LogP contribution in [0.15, 0.2) is 54.6 Å². The fourth-order valence-corrected chi connectivity index (χ4v) is 4.33. The van der Waals surface area contributed by atoms with E-state index in [1.165, 1.54) is 10.3 Å². The van der Waals surface area contributed by atoms with Crippen LogP contribution in [0.1, 0.15) is 18.5 Å². The van der Waals surface area contributed by atoms with Crippen molar-refractivity contribution in [1.82, 2.24) is 29.6 Å². The van der Waals surface area contributed by atoms with Gasteiger partial charge in [-0.05, 0) is 30.7 Å². The second-order valence-corrected chi connectivity index (χ2v) is 7.86. The van der Waals surface area contributed by atoms with Crippen LogP contribution < -0.4 is 4.90 Å². The lowest BCUT2D eigenvalue weighted by molar-refractivity contribution is 0.198. The Morgan fingerprint density at radius 1 is 1.04 bits per heavy atom. The molecule has 0 amide bonds. The molecule has 0 N–H and O–H groups in total. The lowest BCUT2D eigenvalue weighted by Gasteiger charge is -2.38. The summed E-state index contributed by atoms with van der Waals surface area (Å²) in [5.74, 6) is 0.784. The molecule has 142 valence electrons. The molecule has 3 aromatic heterocycles. The third-order valence-electron chi connectivity index (χ3n) is 5.38. The highest BCUT2D eigenvalue weighted by Gasteiger charge is 2.23. The Hall–Kier alpha value is -2.84. The maximum Gasteiger partial charge on any atom is 0.225 e. The number of aromatic nitrogens is 5. The van der Waals surface area contributed by atoms with Crippen molar-refractivity contribution >= 4 is 27.5 Å². The molecule has 0 spiro atoms. The van der Waals surface area contributed by atoms with Crippen LogP contribution >= 0.6 is 11.3 Å². The number of benzene rings is 1. The summed E-state index contributed by atoms with van der Waals surface area (Å²) >= 11 is 1.69. The van der Waals surface area contributed by atoms with E-state index < -0.39 is 0 Å². The Morgan fingerprint density at radius 3 is 2.61 bits per heavy atom. The van der Waals surface area contributed by atoms with E-state index in [4.69, 9.17) is 0 Å². The molecule has 4 aromatic rings. The Morgan fingerprint density at radius 2 is 1.86 bits per heavy atom. The van der Waals surface area contributed by atoms with Gasteiger partial charge in [-0.1, -0.05) is 6.07 Å². The Balaban J connectivity index is 1.24. The lowest BCUT2D eigenvalue weighted by Crippen LogP contribution is -2.47. The van der Waals surface area contributed by atoms with Crippen LogP contribution in [0.4, 0.5) is 5.95 Å². The quantitative estimate of drug-likeness (QED) is 0.533. The molecule has 1 atom stereocenters. The second kappa shape index (κ2) is 7.29. The van der Waals surface area contributed by atoms with Gasteiger partial charge < -0.3 is 4.90 Å². The maximum absolute atomic E-state index is 4.54. The number of rotatable bonds is 4. The molecule has 0 radical (unpaired) electrons. The minimum absolute atomic E-state index is 0.372. The van der Waals surface area contributed by atoms with E-state index in [9.17, 15) is 0 Å². The zero-order chi connectivity index (χ0) is 18.9. The molecule has 1 aliphatic rings. The number of anilines is 1. The van der Waals surface area contributed by atoms with Crippen molar-refractivity contribution in [3.8, 4) is 5.69 Å². The lowest BCUT2D eigenvalue weighted by atomic mass is 10.1. The predicted octanol–water partition coefficient (Wildman–Crippen LogP) is 3.16. The first-order chi connectivity index (χ1) is 13.8. The topological polar surface area (TPSA) is 63.0 Å². The Bertz CT molecular complexity index is 1050. The zero-order valence-corrected chi connectivity index (χ0v) is 16.5. The average molecular weight is 392 g/mol. The molecule has 1 saturated heterocycles. The molecule has 0 saturated carbocycles. The Kier molecular flexibility index (Phi) is 4.50. The SMILES string of the molecule is CC(c1ccc2scnc2c1)N1CCN(c2ncc(-n3cccn3)cn2)CC1. The first-order valence-electron chi connectivity index (χ1n) is 9.42. The number of thiazole rings is 1. The van der Waals surface area contributed by atoms with Crippen LogP contribution in [0, 0.1) is 0 Å². The van der Waals surface area contributed by atoms with Gasteiger partial charge in [0.2, 0.25) is 5.95 Å². The molecule has 5 rings (SSSR count). The number of hydrogen-bond donors (Lipinski definition) is 0. The van der Waals surface area contributed by atoms with Gasteiger partial charge in [0.15, 0.2) is 0 Å². The van der Waals surface area contributed by atoms with Gasteiger partial charge in [0.05, 0.1) is 28.1 Å². The summed E-state index contributed by atoms with van der Waals surface area (Å²) in [5, 5.41) is 4.21. The smallest absolute Gasteiger partial charge is 0.225 e. The summed E-state index contributed by atoms with van der Waals surface area (Å²) in [7, 11) is 0. The van der Waals surface area contributed by atoms with Crippen LogP contribution in [0.5, 0.6) is 0 Å². The van der Waals surface area contributed by atoms with Crippen LogP contribution in [0.3, 0.4) is 0 Å². The van der Waals surface area contributed by atoms with E-state index in [0.29, 0.717) is 6.04 Å². The van der Waals surface area contributed by atoms with Gasteiger partial charge in [0.1, 0.15) is 5.69 Å². The van der Waals surface area contributed by atoms with Crippen molar-refractivity contribution in [2.24, 2.45) is 0 Å². The first kappa shape index (κ1) is 17.3. The standard InChI is InChI=1S/C20H21N7S/c1-15(16-3-4-19-18(11-16)23-14-28-19)25-7-9-26(10-8-25)20-21-12-17(13-22-20)27-6-2-5-24-27/h2-6,11-15H,7-10H2,1H3. The Labute approximate surface area is 167 Å². The van der Waals surface area contributed by atoms with Crippen LogP contribution in [-0.2, 0) is 0 Å². The van der Waals surface area contributed by atoms with E-state index in [0.717, 1.165) is 43.3 Å². The van der Waals surface area contributed by atoms with Gasteiger partial charge in [0.25, 0.3) is 0 Å². The van der Waals surface area contributed by atoms with E-state index in [-0.39, 0.29) is 0 Å². The summed E-state index contributed by atoms with van der Waals surface area (Å²) in [6, 6.07) is 8.90. The van der Waals surface area contributed by atoms with Crippen molar-refractivity contribution in [1.29, 1.82) is 0 Å². The maximum atomic E-state index is 4.54. The molecule has 0 bridgehead atoms. The van der Waals surface area contributed by atoms with Gasteiger partial charge in [0, 0.05) is 44.6 Å². The van der Waals surface area contributed by atoms with Gasteiger partial charge in [-0.15, -0.1) is 11.3 Å². The fourth-order valence-electron chi connectivity index (χ4n) is 3.67. The van der Waals surface area contributed by atoms with Crippen LogP contribution in [-0.4, -0.2) is 55.8 Å². The third-order valence-corrected chi connectivity index (χ3v) is 6.19. The van der Waals surface area contributed by atoms with E-state index >= 15 is 0 Å². The van der Waals surface area contributed by atoms with Crippen LogP contribution in [0.2, 0.25) is 0 Å². The van der Waals surface area contributed by atoms with Crippen molar-refractivity contribution in [2.45, 2.75) is 13.0 Å². The molecule has 28 heavy (non-hydrogen) atoms. The number of piperazine rings is 1. The number of hydrogen-bond acceptors (Lipinski definition) is 7. The predicted molar refractivity (Wildman–Crippen MR) is 111 cm³/mol. The summed E-state index contributed by atoms with van der Waals surface area (Å²) < 4.78 is 3.01. The molecule has 1 fully saturated rings. The van der Waals surface area contributed by atoms with Gasteiger partial charge in [-0.2, -0.15) is 5.10 Å². The molecule has 1 unspecified atom stereocenters. The highest BCUT2D eigenvalue weighted by Crippen LogP contribution is 2.27. The van der Waals surface area contributed by atoms with Gasteiger partial charge >= 0.3 is 0 Å². The molecule has 4 heterocycles. The zero-order valence-electron chi connectivity index (χ0n) is 15.6. The van der Waals surface area contributed by atoms with E-state index in [1.54, 1.807) is 22.2 Å². The number of nitrogens with zero attached hydrogens (tertiary/aromatic N) is 7. The van der Waals surface area contributed by atoms with Gasteiger partial charge in [-0.3, -0.25) is 4.90 Å². The third kappa shape index (κ3) is 3.25. The minimum Gasteiger partial charge on any atom is -0.338 e. The van der Waals surface area contributed by atoms with Crippen molar-refractivity contribution < 1.29 is 0 Å². The largest absolute Gasteiger partial charge is 0.338 e. The van der Waals surface area contributed by atoms with Crippen molar-refractivity contribution in [3.05, 3.63) is 60.1 Å². The molecule has 1 aliphatic heterocycles. The molecule has 8 heteroatoms. The van der Waals surface area contributed by atoms with Crippen molar-refractivity contribution in [3.63, 3.8) is 0 Å². The van der Waals surface area contributed by atoms with E-state index in [1.807, 2.05) is 30.2 Å². The summed E-state index contributed by atoms with van der Waals surface area (Å²) in [6.45, 7) is 6.09. The highest BCUT2D eigenvalue weighted by molar-refractivity contribution is 7.16. The highest BCUT2D eigenvalue weighted by atomic mass is 32.1. The first-order valence-corrected chi connectivity index (χ1v) is 10.3. The monoisotopic (exact) mass is 391 g/mol. The fraction of sp³-hybridized carbons (Fsp3) is 0.300. The molecule has 0 aliphatic carbocycles. The molecular formula is C20H21N7S. The molecular weight excluding hydrogens is 370 g/mol. The minimum atomic E-state index is 0.372.